The van der Waals surface area contributed by atoms with E-state index in [-0.39, 0.29) is 23.1 Å². The number of aliphatic hydroxyl groups is 1. The van der Waals surface area contributed by atoms with Gasteiger partial charge in [0.25, 0.3) is 0 Å². The first kappa shape index (κ1) is 23.6. The number of aliphatic hydroxyl groups excluding tert-OH is 1. The van der Waals surface area contributed by atoms with Crippen LogP contribution in [0.3, 0.4) is 0 Å². The van der Waals surface area contributed by atoms with Crippen LogP contribution in [0, 0.1) is 5.82 Å². The van der Waals surface area contributed by atoms with Crippen molar-refractivity contribution in [1.82, 2.24) is 15.3 Å². The Kier molecular flexibility index (Phi) is 6.49. The first-order chi connectivity index (χ1) is 16.2. The highest BCUT2D eigenvalue weighted by atomic mass is 32.2. The van der Waals surface area contributed by atoms with E-state index in [1.807, 2.05) is 0 Å². The number of halogens is 1. The molecule has 1 heterocycles. The Bertz CT molecular complexity index is 1290. The van der Waals surface area contributed by atoms with Crippen molar-refractivity contribution in [2.24, 2.45) is 0 Å². The lowest BCUT2D eigenvalue weighted by atomic mass is 10.1. The van der Waals surface area contributed by atoms with Gasteiger partial charge in [0, 0.05) is 30.5 Å². The lowest BCUT2D eigenvalue weighted by Gasteiger charge is -2.17. The number of amides is 2. The molecule has 1 saturated carbocycles. The van der Waals surface area contributed by atoms with Gasteiger partial charge in [-0.1, -0.05) is 0 Å². The van der Waals surface area contributed by atoms with Gasteiger partial charge in [-0.2, -0.15) is 0 Å². The summed E-state index contributed by atoms with van der Waals surface area (Å²) in [5, 5.41) is 14.1. The van der Waals surface area contributed by atoms with Gasteiger partial charge >= 0.3 is 6.03 Å². The van der Waals surface area contributed by atoms with Crippen LogP contribution in [0.2, 0.25) is 0 Å². The molecule has 0 spiro atoms. The van der Waals surface area contributed by atoms with Crippen LogP contribution in [0.15, 0.2) is 59.5 Å². The zero-order valence-corrected chi connectivity index (χ0v) is 19.0. The first-order valence-corrected chi connectivity index (χ1v) is 12.1. The third kappa shape index (κ3) is 4.70. The van der Waals surface area contributed by atoms with Gasteiger partial charge in [0.1, 0.15) is 16.4 Å². The summed E-state index contributed by atoms with van der Waals surface area (Å²) in [5.74, 6) is -0.126. The Morgan fingerprint density at radius 3 is 2.38 bits per heavy atom. The summed E-state index contributed by atoms with van der Waals surface area (Å²) in [6, 6.07) is 12.5. The minimum absolute atomic E-state index is 0.0103. The van der Waals surface area contributed by atoms with Gasteiger partial charge in [-0.25, -0.2) is 27.6 Å². The van der Waals surface area contributed by atoms with Crippen molar-refractivity contribution in [3.05, 3.63) is 66.1 Å². The predicted molar refractivity (Wildman–Crippen MR) is 125 cm³/mol. The van der Waals surface area contributed by atoms with Crippen LogP contribution < -0.4 is 16.4 Å². The molecule has 0 atom stereocenters. The first-order valence-electron chi connectivity index (χ1n) is 10.7. The molecule has 4 rings (SSSR count). The van der Waals surface area contributed by atoms with Crippen molar-refractivity contribution < 1.29 is 22.7 Å². The maximum Gasteiger partial charge on any atom is 0.319 e. The summed E-state index contributed by atoms with van der Waals surface area (Å²) in [6.07, 6.45) is 1.20. The number of urea groups is 1. The Hall–Kier alpha value is -3.57. The van der Waals surface area contributed by atoms with Gasteiger partial charge in [0.2, 0.25) is 0 Å². The molecule has 1 fully saturated rings. The monoisotopic (exact) mass is 485 g/mol. The summed E-state index contributed by atoms with van der Waals surface area (Å²) >= 11 is 0. The van der Waals surface area contributed by atoms with E-state index in [0.29, 0.717) is 42.8 Å². The Balaban J connectivity index is 1.58. The number of aromatic nitrogens is 2. The molecular weight excluding hydrogens is 461 g/mol. The number of nitrogens with two attached hydrogens (primary N) is 1. The maximum absolute atomic E-state index is 13.3. The number of carbonyl (C=O) groups is 1. The van der Waals surface area contributed by atoms with Crippen molar-refractivity contribution in [3.63, 3.8) is 0 Å². The standard InChI is InChI=1S/C23H24FN5O4S/c24-16-4-8-18(9-5-16)34(32,33)23(10-11-23)19-14-20(25)29-21(28-19)15-2-6-17(7-3-15)27-22(31)26-12-1-13-30/h2-9,14,30H,1,10-13H2,(H2,25,28,29)(H2,26,27,31). The quantitative estimate of drug-likeness (QED) is 0.283. The van der Waals surface area contributed by atoms with Crippen molar-refractivity contribution in [2.45, 2.75) is 28.9 Å². The molecule has 0 unspecified atom stereocenters. The molecule has 178 valence electrons. The lowest BCUT2D eigenvalue weighted by Crippen LogP contribution is -2.29. The fourth-order valence-electron chi connectivity index (χ4n) is 3.60. The number of nitrogens with zero attached hydrogens (tertiary/aromatic N) is 2. The lowest BCUT2D eigenvalue weighted by molar-refractivity contribution is 0.249. The summed E-state index contributed by atoms with van der Waals surface area (Å²) in [6.45, 7) is 0.340. The van der Waals surface area contributed by atoms with Gasteiger partial charge in [-0.15, -0.1) is 0 Å². The molecule has 0 saturated heterocycles. The van der Waals surface area contributed by atoms with E-state index < -0.39 is 26.4 Å². The number of nitrogen functional groups attached to an aromatic ring is 1. The Morgan fingerprint density at radius 2 is 1.76 bits per heavy atom. The summed E-state index contributed by atoms with van der Waals surface area (Å²) in [4.78, 5) is 20.7. The van der Waals surface area contributed by atoms with E-state index >= 15 is 0 Å². The van der Waals surface area contributed by atoms with Crippen LogP contribution in [0.1, 0.15) is 25.0 Å². The highest BCUT2D eigenvalue weighted by molar-refractivity contribution is 7.92. The number of hydrogen-bond acceptors (Lipinski definition) is 7. The predicted octanol–water partition coefficient (Wildman–Crippen LogP) is 2.83. The van der Waals surface area contributed by atoms with Gasteiger partial charge in [0.15, 0.2) is 15.7 Å². The number of sulfone groups is 1. The highest BCUT2D eigenvalue weighted by Crippen LogP contribution is 2.54. The molecule has 34 heavy (non-hydrogen) atoms. The molecule has 2 amide bonds. The van der Waals surface area contributed by atoms with E-state index in [0.717, 1.165) is 12.1 Å². The topological polar surface area (TPSA) is 147 Å². The fourth-order valence-corrected chi connectivity index (χ4v) is 5.57. The van der Waals surface area contributed by atoms with Gasteiger partial charge < -0.3 is 21.5 Å². The smallest absolute Gasteiger partial charge is 0.319 e. The van der Waals surface area contributed by atoms with E-state index in [2.05, 4.69) is 20.6 Å². The Morgan fingerprint density at radius 1 is 1.09 bits per heavy atom. The molecule has 0 aliphatic heterocycles. The third-order valence-corrected chi connectivity index (χ3v) is 8.12. The normalized spacial score (nSPS) is 14.4. The third-order valence-electron chi connectivity index (χ3n) is 5.58. The van der Waals surface area contributed by atoms with Gasteiger partial charge in [-0.05, 0) is 67.8 Å². The molecule has 0 radical (unpaired) electrons. The van der Waals surface area contributed by atoms with E-state index in [1.54, 1.807) is 24.3 Å². The average molecular weight is 486 g/mol. The number of nitrogens with one attached hydrogen (secondary N) is 2. The zero-order valence-electron chi connectivity index (χ0n) is 18.2. The molecule has 1 aliphatic carbocycles. The summed E-state index contributed by atoms with van der Waals surface area (Å²) in [5.41, 5.74) is 7.42. The molecule has 2 aromatic carbocycles. The molecule has 3 aromatic rings. The fraction of sp³-hybridized carbons (Fsp3) is 0.261. The van der Waals surface area contributed by atoms with Gasteiger partial charge in [-0.3, -0.25) is 0 Å². The summed E-state index contributed by atoms with van der Waals surface area (Å²) < 4.78 is 38.8. The van der Waals surface area contributed by atoms with Crippen LogP contribution in [0.4, 0.5) is 20.7 Å². The van der Waals surface area contributed by atoms with Crippen molar-refractivity contribution in [2.75, 3.05) is 24.2 Å². The number of anilines is 2. The largest absolute Gasteiger partial charge is 0.396 e. The second kappa shape index (κ2) is 9.35. The van der Waals surface area contributed by atoms with Crippen molar-refractivity contribution in [3.8, 4) is 11.4 Å². The van der Waals surface area contributed by atoms with Crippen molar-refractivity contribution in [1.29, 1.82) is 0 Å². The second-order valence-corrected chi connectivity index (χ2v) is 10.2. The van der Waals surface area contributed by atoms with Crippen molar-refractivity contribution >= 4 is 27.4 Å². The minimum atomic E-state index is -3.83. The number of rotatable bonds is 8. The molecule has 1 aliphatic rings. The number of carbonyl (C=O) groups excluding carboxylic acids is 1. The van der Waals surface area contributed by atoms with Crippen LogP contribution in [-0.2, 0) is 14.6 Å². The van der Waals surface area contributed by atoms with Gasteiger partial charge in [0.05, 0.1) is 10.6 Å². The van der Waals surface area contributed by atoms with E-state index in [4.69, 9.17) is 10.8 Å². The number of benzene rings is 2. The average Bonchev–Trinajstić information content (AvgIpc) is 3.62. The zero-order chi connectivity index (χ0) is 24.3. The van der Waals surface area contributed by atoms with E-state index in [1.165, 1.54) is 18.2 Å². The molecule has 0 bridgehead atoms. The van der Waals surface area contributed by atoms with Crippen LogP contribution in [0.5, 0.6) is 0 Å². The molecule has 5 N–H and O–H groups in total. The molecule has 11 heteroatoms. The molecular formula is C23H24FN5O4S. The molecule has 1 aromatic heterocycles. The SMILES string of the molecule is Nc1cc(C2(S(=O)(=O)c3ccc(F)cc3)CC2)nc(-c2ccc(NC(=O)NCCCO)cc2)n1. The maximum atomic E-state index is 13.3. The summed E-state index contributed by atoms with van der Waals surface area (Å²) in [7, 11) is -3.83. The van der Waals surface area contributed by atoms with E-state index in [9.17, 15) is 17.6 Å². The highest BCUT2D eigenvalue weighted by Gasteiger charge is 2.57. The van der Waals surface area contributed by atoms with Crippen LogP contribution in [-0.4, -0.2) is 42.7 Å². The Labute approximate surface area is 196 Å². The van der Waals surface area contributed by atoms with Crippen LogP contribution >= 0.6 is 0 Å². The van der Waals surface area contributed by atoms with Crippen LogP contribution in [0.25, 0.3) is 11.4 Å². The molecule has 9 nitrogen and oxygen atoms in total. The minimum Gasteiger partial charge on any atom is -0.396 e. The number of hydrogen-bond donors (Lipinski definition) is 4. The second-order valence-electron chi connectivity index (χ2n) is 7.99.